The maximum atomic E-state index is 10.6. The number of pyridine rings is 1. The van der Waals surface area contributed by atoms with Crippen LogP contribution >= 0.6 is 0 Å². The van der Waals surface area contributed by atoms with Gasteiger partial charge in [-0.3, -0.25) is 4.79 Å². The summed E-state index contributed by atoms with van der Waals surface area (Å²) in [5.41, 5.74) is 8.59. The van der Waals surface area contributed by atoms with Crippen LogP contribution in [0.5, 0.6) is 0 Å². The molecule has 1 aliphatic heterocycles. The number of amides is 1. The largest absolute Gasteiger partial charge is 2.00 e. The number of hydrogen-bond acceptors (Lipinski definition) is 3. The summed E-state index contributed by atoms with van der Waals surface area (Å²) in [5.74, 6) is 0.655. The van der Waals surface area contributed by atoms with Crippen molar-refractivity contribution in [3.8, 4) is 0 Å². The second kappa shape index (κ2) is 12.1. The van der Waals surface area contributed by atoms with Crippen LogP contribution in [0, 0.1) is 38.0 Å². The molecule has 0 spiro atoms. The molecule has 0 atom stereocenters. The number of nitrogens with zero attached hydrogens (tertiary/aromatic N) is 3. The van der Waals surface area contributed by atoms with Gasteiger partial charge in [-0.15, -0.1) is 6.54 Å². The van der Waals surface area contributed by atoms with Gasteiger partial charge in [0, 0.05) is 11.4 Å². The van der Waals surface area contributed by atoms with Crippen LogP contribution < -0.4 is 5.73 Å². The SMILES string of the molecule is CC.C[N-]CCc1ccc(C)cc1.Nc1ccc2c(n1)[N-]C2=O.[U+2]. The van der Waals surface area contributed by atoms with Crippen molar-refractivity contribution in [1.82, 2.24) is 4.98 Å². The molecule has 24 heavy (non-hydrogen) atoms. The van der Waals surface area contributed by atoms with Crippen LogP contribution in [0.25, 0.3) is 10.6 Å². The Labute approximate surface area is 168 Å². The van der Waals surface area contributed by atoms with Gasteiger partial charge in [0.25, 0.3) is 0 Å². The van der Waals surface area contributed by atoms with E-state index in [1.54, 1.807) is 12.1 Å². The van der Waals surface area contributed by atoms with E-state index in [9.17, 15) is 4.79 Å². The smallest absolute Gasteiger partial charge is 0.665 e. The molecule has 0 unspecified atom stereocenters. The Morgan fingerprint density at radius 1 is 1.12 bits per heavy atom. The summed E-state index contributed by atoms with van der Waals surface area (Å²) in [6.07, 6.45) is 1.07. The summed E-state index contributed by atoms with van der Waals surface area (Å²) >= 11 is 0. The zero-order chi connectivity index (χ0) is 17.2. The third kappa shape index (κ3) is 7.04. The number of nitrogen functional groups attached to an aromatic ring is 1. The number of fused-ring (bicyclic) bond motifs is 1. The molecule has 1 aromatic carbocycles. The molecule has 1 aromatic heterocycles. The van der Waals surface area contributed by atoms with Gasteiger partial charge in [-0.1, -0.05) is 43.7 Å². The first kappa shape index (κ1) is 22.7. The number of nitrogens with two attached hydrogens (primary N) is 1. The number of hydrogen-bond donors (Lipinski definition) is 1. The average molecular weight is 550 g/mol. The predicted octanol–water partition coefficient (Wildman–Crippen LogP) is 4.39. The summed E-state index contributed by atoms with van der Waals surface area (Å²) in [5, 5.41) is 7.57. The zero-order valence-corrected chi connectivity index (χ0v) is 18.9. The Bertz CT molecular complexity index is 629. The quantitative estimate of drug-likeness (QED) is 0.616. The number of carbonyl (C=O) groups is 1. The standard InChI is InChI=1S/C10H14N.C6H5N3O.C2H6.U/c1-9-3-5-10(6-4-9)7-8-11-2;7-4-2-1-3-5(8-4)9-6(3)10;1-2;/h3-6H,7-8H2,1-2H3;1-2H,(H3,7,8,9,10);1-2H3;/q-1;;;+2/p-1. The Morgan fingerprint density at radius 2 is 1.75 bits per heavy atom. The van der Waals surface area contributed by atoms with Gasteiger partial charge in [0.05, 0.1) is 0 Å². The summed E-state index contributed by atoms with van der Waals surface area (Å²) in [6.45, 7) is 7.04. The Kier molecular flexibility index (Phi) is 11.4. The first-order valence-corrected chi connectivity index (χ1v) is 7.74. The molecule has 126 valence electrons. The van der Waals surface area contributed by atoms with Crippen LogP contribution in [0.3, 0.4) is 0 Å². The van der Waals surface area contributed by atoms with E-state index in [0.29, 0.717) is 17.2 Å². The topological polar surface area (TPSA) is 84.2 Å². The molecular weight excluding hydrogens is 526 g/mol. The molecule has 0 aliphatic carbocycles. The monoisotopic (exact) mass is 550 g/mol. The Hall–Kier alpha value is -1.35. The van der Waals surface area contributed by atoms with E-state index in [1.807, 2.05) is 20.9 Å². The normalized spacial score (nSPS) is 10.4. The molecule has 6 heteroatoms. The average Bonchev–Trinajstić information content (AvgIpc) is 2.56. The molecule has 0 saturated carbocycles. The Balaban J connectivity index is 0.000000386. The van der Waals surface area contributed by atoms with E-state index < -0.39 is 0 Å². The van der Waals surface area contributed by atoms with Gasteiger partial charge in [0.1, 0.15) is 0 Å². The molecule has 2 aromatic rings. The van der Waals surface area contributed by atoms with Crippen molar-refractivity contribution < 1.29 is 35.9 Å². The molecule has 5 nitrogen and oxygen atoms in total. The second-order valence-electron chi connectivity index (χ2n) is 4.80. The number of likely N-dealkylation sites (N-methyl/N-ethyl adjacent to an activating group) is 1. The molecule has 0 fully saturated rings. The fourth-order valence-corrected chi connectivity index (χ4v) is 1.81. The number of benzene rings is 1. The number of aromatic nitrogens is 1. The van der Waals surface area contributed by atoms with Crippen molar-refractivity contribution >= 4 is 17.5 Å². The fraction of sp³-hybridized carbons (Fsp3) is 0.333. The van der Waals surface area contributed by atoms with E-state index in [4.69, 9.17) is 5.73 Å². The fourth-order valence-electron chi connectivity index (χ4n) is 1.81. The van der Waals surface area contributed by atoms with Crippen molar-refractivity contribution in [2.75, 3.05) is 19.3 Å². The first-order valence-electron chi connectivity index (χ1n) is 7.74. The van der Waals surface area contributed by atoms with Crippen LogP contribution in [0.1, 0.15) is 35.3 Å². The summed E-state index contributed by atoms with van der Waals surface area (Å²) in [7, 11) is 1.86. The molecule has 0 bridgehead atoms. The molecular formula is C18H24N4OU. The van der Waals surface area contributed by atoms with E-state index in [1.165, 1.54) is 11.1 Å². The van der Waals surface area contributed by atoms with Gasteiger partial charge < -0.3 is 21.4 Å². The minimum Gasteiger partial charge on any atom is -0.665 e. The second-order valence-corrected chi connectivity index (χ2v) is 4.80. The summed E-state index contributed by atoms with van der Waals surface area (Å²) in [6, 6.07) is 11.8. The van der Waals surface area contributed by atoms with Gasteiger partial charge in [0.2, 0.25) is 0 Å². The van der Waals surface area contributed by atoms with Crippen molar-refractivity contribution in [3.05, 3.63) is 63.7 Å². The van der Waals surface area contributed by atoms with Crippen LogP contribution in [-0.4, -0.2) is 24.5 Å². The molecule has 1 amide bonds. The van der Waals surface area contributed by atoms with E-state index in [2.05, 4.69) is 46.8 Å². The van der Waals surface area contributed by atoms with Crippen LogP contribution in [0.2, 0.25) is 0 Å². The van der Waals surface area contributed by atoms with E-state index in [-0.39, 0.29) is 37.0 Å². The number of aryl methyl sites for hydroxylation is 1. The number of rotatable bonds is 3. The van der Waals surface area contributed by atoms with Gasteiger partial charge in [-0.2, -0.15) is 7.05 Å². The van der Waals surface area contributed by atoms with Crippen LogP contribution in [-0.2, 0) is 6.42 Å². The minimum absolute atomic E-state index is 0. The first-order chi connectivity index (χ1) is 11.1. The third-order valence-corrected chi connectivity index (χ3v) is 3.08. The molecule has 0 saturated heterocycles. The summed E-state index contributed by atoms with van der Waals surface area (Å²) < 4.78 is 0. The van der Waals surface area contributed by atoms with Crippen molar-refractivity contribution in [2.24, 2.45) is 0 Å². The zero-order valence-electron chi connectivity index (χ0n) is 14.7. The minimum atomic E-state index is -0.206. The van der Waals surface area contributed by atoms with Crippen molar-refractivity contribution in [2.45, 2.75) is 27.2 Å². The predicted molar refractivity (Wildman–Crippen MR) is 96.4 cm³/mol. The van der Waals surface area contributed by atoms with Crippen molar-refractivity contribution in [3.63, 3.8) is 0 Å². The maximum Gasteiger partial charge on any atom is 2.00 e. The molecule has 1 aliphatic rings. The van der Waals surface area contributed by atoms with Crippen molar-refractivity contribution in [1.29, 1.82) is 0 Å². The molecule has 2 N–H and O–H groups in total. The number of carbonyl (C=O) groups excluding carboxylic acids is 1. The molecule has 3 rings (SSSR count). The Morgan fingerprint density at radius 3 is 2.25 bits per heavy atom. The number of anilines is 1. The maximum absolute atomic E-state index is 10.6. The van der Waals surface area contributed by atoms with Gasteiger partial charge >= 0.3 is 31.1 Å². The molecule has 2 heterocycles. The van der Waals surface area contributed by atoms with Crippen LogP contribution in [0.4, 0.5) is 11.6 Å². The van der Waals surface area contributed by atoms with Gasteiger partial charge in [-0.05, 0) is 36.9 Å². The molecule has 0 radical (unpaired) electrons. The van der Waals surface area contributed by atoms with E-state index >= 15 is 0 Å². The van der Waals surface area contributed by atoms with E-state index in [0.717, 1.165) is 13.0 Å². The van der Waals surface area contributed by atoms with Crippen LogP contribution in [0.15, 0.2) is 36.4 Å². The third-order valence-electron chi connectivity index (χ3n) is 3.08. The summed E-state index contributed by atoms with van der Waals surface area (Å²) in [4.78, 5) is 14.4. The van der Waals surface area contributed by atoms with Gasteiger partial charge in [0.15, 0.2) is 5.91 Å². The van der Waals surface area contributed by atoms with Gasteiger partial charge in [-0.25, -0.2) is 0 Å².